The Hall–Kier alpha value is -0.530. The molecule has 100 valence electrons. The fraction of sp³-hybridized carbons (Fsp3) is 0.625. The fourth-order valence-electron chi connectivity index (χ4n) is 2.90. The molecule has 1 fully saturated rings. The number of hydrogen-bond acceptors (Lipinski definition) is 1. The van der Waals surface area contributed by atoms with Crippen molar-refractivity contribution in [3.63, 3.8) is 0 Å². The van der Waals surface area contributed by atoms with Gasteiger partial charge in [0.05, 0.1) is 0 Å². The van der Waals surface area contributed by atoms with Gasteiger partial charge in [-0.1, -0.05) is 49.9 Å². The Morgan fingerprint density at radius 3 is 2.67 bits per heavy atom. The van der Waals surface area contributed by atoms with Crippen molar-refractivity contribution in [2.75, 3.05) is 13.1 Å². The molecule has 0 saturated carbocycles. The lowest BCUT2D eigenvalue weighted by molar-refractivity contribution is 0.153. The number of halogens is 1. The maximum atomic E-state index is 6.14. The second kappa shape index (κ2) is 7.16. The molecule has 0 bridgehead atoms. The Labute approximate surface area is 116 Å². The largest absolute Gasteiger partial charge is 0.296 e. The van der Waals surface area contributed by atoms with Crippen molar-refractivity contribution in [3.05, 3.63) is 34.9 Å². The van der Waals surface area contributed by atoms with Crippen molar-refractivity contribution >= 4 is 11.6 Å². The van der Waals surface area contributed by atoms with Crippen molar-refractivity contribution in [1.29, 1.82) is 0 Å². The average Bonchev–Trinajstić information content (AvgIpc) is 2.40. The highest BCUT2D eigenvalue weighted by atomic mass is 35.5. The number of likely N-dealkylation sites (tertiary alicyclic amines) is 1. The third-order valence-electron chi connectivity index (χ3n) is 3.90. The van der Waals surface area contributed by atoms with Crippen LogP contribution in [0.2, 0.25) is 5.02 Å². The van der Waals surface area contributed by atoms with Gasteiger partial charge in [-0.05, 0) is 50.0 Å². The van der Waals surface area contributed by atoms with Crippen molar-refractivity contribution in [1.82, 2.24) is 4.90 Å². The number of nitrogens with zero attached hydrogens (tertiary/aromatic N) is 1. The van der Waals surface area contributed by atoms with Crippen molar-refractivity contribution in [3.8, 4) is 0 Å². The molecule has 1 aromatic carbocycles. The first-order valence-corrected chi connectivity index (χ1v) is 7.68. The predicted molar refractivity (Wildman–Crippen MR) is 79.1 cm³/mol. The minimum Gasteiger partial charge on any atom is -0.296 e. The van der Waals surface area contributed by atoms with Crippen LogP contribution in [-0.2, 0) is 0 Å². The summed E-state index contributed by atoms with van der Waals surface area (Å²) in [5.74, 6) is 0. The van der Waals surface area contributed by atoms with Crippen molar-refractivity contribution < 1.29 is 0 Å². The molecule has 0 aliphatic carbocycles. The van der Waals surface area contributed by atoms with E-state index in [9.17, 15) is 0 Å². The van der Waals surface area contributed by atoms with Crippen LogP contribution in [0.15, 0.2) is 24.3 Å². The molecule has 1 heterocycles. The summed E-state index contributed by atoms with van der Waals surface area (Å²) in [7, 11) is 0. The Balaban J connectivity index is 2.12. The molecule has 1 aliphatic rings. The molecule has 1 unspecified atom stereocenters. The molecule has 1 nitrogen and oxygen atoms in total. The van der Waals surface area contributed by atoms with E-state index in [1.807, 2.05) is 6.07 Å². The standard InChI is InChI=1S/C16H24ClN/c1-2-3-10-16(18-11-5-4-6-12-18)14-8-7-9-15(17)13-14/h7-9,13,16H,2-6,10-12H2,1H3. The zero-order chi connectivity index (χ0) is 12.8. The molecule has 2 heteroatoms. The van der Waals surface area contributed by atoms with Crippen LogP contribution >= 0.6 is 11.6 Å². The summed E-state index contributed by atoms with van der Waals surface area (Å²) >= 11 is 6.14. The Bertz CT molecular complexity index is 358. The minimum absolute atomic E-state index is 0.573. The lowest BCUT2D eigenvalue weighted by Crippen LogP contribution is -2.33. The number of rotatable bonds is 5. The van der Waals surface area contributed by atoms with E-state index in [-0.39, 0.29) is 0 Å². The van der Waals surface area contributed by atoms with Crippen LogP contribution in [0, 0.1) is 0 Å². The van der Waals surface area contributed by atoms with Crippen LogP contribution in [0.4, 0.5) is 0 Å². The molecule has 1 aliphatic heterocycles. The Morgan fingerprint density at radius 1 is 1.22 bits per heavy atom. The third kappa shape index (κ3) is 3.73. The molecule has 0 radical (unpaired) electrons. The van der Waals surface area contributed by atoms with Gasteiger partial charge in [0.15, 0.2) is 0 Å². The molecular formula is C16H24ClN. The normalized spacial score (nSPS) is 18.8. The zero-order valence-corrected chi connectivity index (χ0v) is 12.1. The molecule has 0 amide bonds. The summed E-state index contributed by atoms with van der Waals surface area (Å²) in [6.45, 7) is 4.77. The van der Waals surface area contributed by atoms with E-state index in [1.54, 1.807) is 0 Å². The number of piperidine rings is 1. The highest BCUT2D eigenvalue weighted by Gasteiger charge is 2.21. The van der Waals surface area contributed by atoms with Crippen molar-refractivity contribution in [2.24, 2.45) is 0 Å². The minimum atomic E-state index is 0.573. The summed E-state index contributed by atoms with van der Waals surface area (Å²) in [5, 5.41) is 0.867. The van der Waals surface area contributed by atoms with E-state index in [0.29, 0.717) is 6.04 Å². The van der Waals surface area contributed by atoms with Gasteiger partial charge in [0.25, 0.3) is 0 Å². The quantitative estimate of drug-likeness (QED) is 0.720. The van der Waals surface area contributed by atoms with Gasteiger partial charge in [0.1, 0.15) is 0 Å². The SMILES string of the molecule is CCCCC(c1cccc(Cl)c1)N1CCCCC1. The van der Waals surface area contributed by atoms with Gasteiger partial charge in [0.2, 0.25) is 0 Å². The Morgan fingerprint density at radius 2 is 2.00 bits per heavy atom. The maximum absolute atomic E-state index is 6.14. The number of benzene rings is 1. The van der Waals surface area contributed by atoms with E-state index < -0.39 is 0 Å². The maximum Gasteiger partial charge on any atom is 0.0409 e. The van der Waals surface area contributed by atoms with Crippen LogP contribution < -0.4 is 0 Å². The molecular weight excluding hydrogens is 242 g/mol. The van der Waals surface area contributed by atoms with Crippen LogP contribution in [0.5, 0.6) is 0 Å². The molecule has 0 N–H and O–H groups in total. The summed E-state index contributed by atoms with van der Waals surface area (Å²) in [6, 6.07) is 9.01. The summed E-state index contributed by atoms with van der Waals surface area (Å²) < 4.78 is 0. The number of hydrogen-bond donors (Lipinski definition) is 0. The van der Waals surface area contributed by atoms with E-state index in [0.717, 1.165) is 5.02 Å². The zero-order valence-electron chi connectivity index (χ0n) is 11.4. The predicted octanol–water partition coefficient (Wildman–Crippen LogP) is 5.06. The lowest BCUT2D eigenvalue weighted by Gasteiger charge is -2.35. The van der Waals surface area contributed by atoms with Gasteiger partial charge in [-0.2, -0.15) is 0 Å². The molecule has 18 heavy (non-hydrogen) atoms. The van der Waals surface area contributed by atoms with E-state index in [2.05, 4.69) is 30.0 Å². The average molecular weight is 266 g/mol. The molecule has 0 aromatic heterocycles. The molecule has 1 saturated heterocycles. The first-order chi connectivity index (χ1) is 8.81. The first-order valence-electron chi connectivity index (χ1n) is 7.31. The molecule has 0 spiro atoms. The van der Waals surface area contributed by atoms with Gasteiger partial charge in [0, 0.05) is 11.1 Å². The van der Waals surface area contributed by atoms with Crippen molar-refractivity contribution in [2.45, 2.75) is 51.5 Å². The van der Waals surface area contributed by atoms with E-state index in [4.69, 9.17) is 11.6 Å². The topological polar surface area (TPSA) is 3.24 Å². The van der Waals surface area contributed by atoms with Crippen LogP contribution in [0.1, 0.15) is 57.1 Å². The van der Waals surface area contributed by atoms with Gasteiger partial charge in [-0.25, -0.2) is 0 Å². The molecule has 1 atom stereocenters. The van der Waals surface area contributed by atoms with E-state index in [1.165, 1.54) is 57.2 Å². The van der Waals surface area contributed by atoms with Gasteiger partial charge in [-0.15, -0.1) is 0 Å². The molecule has 2 rings (SSSR count). The molecule has 1 aromatic rings. The smallest absolute Gasteiger partial charge is 0.0409 e. The summed E-state index contributed by atoms with van der Waals surface area (Å²) in [4.78, 5) is 2.66. The second-order valence-electron chi connectivity index (χ2n) is 5.31. The van der Waals surface area contributed by atoms with E-state index >= 15 is 0 Å². The van der Waals surface area contributed by atoms with Gasteiger partial charge >= 0.3 is 0 Å². The van der Waals surface area contributed by atoms with Crippen LogP contribution in [0.3, 0.4) is 0 Å². The summed E-state index contributed by atoms with van der Waals surface area (Å²) in [6.07, 6.45) is 7.92. The van der Waals surface area contributed by atoms with Gasteiger partial charge < -0.3 is 0 Å². The summed E-state index contributed by atoms with van der Waals surface area (Å²) in [5.41, 5.74) is 1.40. The monoisotopic (exact) mass is 265 g/mol. The fourth-order valence-corrected chi connectivity index (χ4v) is 3.10. The highest BCUT2D eigenvalue weighted by Crippen LogP contribution is 2.30. The highest BCUT2D eigenvalue weighted by molar-refractivity contribution is 6.30. The van der Waals surface area contributed by atoms with Crippen LogP contribution in [0.25, 0.3) is 0 Å². The Kier molecular flexibility index (Phi) is 5.52. The number of unbranched alkanes of at least 4 members (excludes halogenated alkanes) is 1. The second-order valence-corrected chi connectivity index (χ2v) is 5.75. The van der Waals surface area contributed by atoms with Crippen LogP contribution in [-0.4, -0.2) is 18.0 Å². The lowest BCUT2D eigenvalue weighted by atomic mass is 9.97. The first kappa shape index (κ1) is 13.9. The van der Waals surface area contributed by atoms with Gasteiger partial charge in [-0.3, -0.25) is 4.90 Å². The third-order valence-corrected chi connectivity index (χ3v) is 4.13.